The molecule has 120 valence electrons. The van der Waals surface area contributed by atoms with E-state index in [9.17, 15) is 5.11 Å². The normalized spacial score (nSPS) is 12.5. The Morgan fingerprint density at radius 1 is 1.22 bits per heavy atom. The molecular weight excluding hydrogens is 312 g/mol. The Hall–Kier alpha value is -2.04. The molecule has 0 aliphatic heterocycles. The number of aliphatic hydroxyl groups is 1. The zero-order valence-corrected chi connectivity index (χ0v) is 13.7. The quantitative estimate of drug-likeness (QED) is 0.749. The van der Waals surface area contributed by atoms with Crippen LogP contribution in [-0.4, -0.2) is 27.4 Å². The van der Waals surface area contributed by atoms with Crippen molar-refractivity contribution in [3.05, 3.63) is 59.4 Å². The van der Waals surface area contributed by atoms with Gasteiger partial charge in [0.25, 0.3) is 0 Å². The minimum atomic E-state index is -0.628. The van der Waals surface area contributed by atoms with E-state index in [4.69, 9.17) is 16.3 Å². The molecule has 3 rings (SSSR count). The summed E-state index contributed by atoms with van der Waals surface area (Å²) in [6.45, 7) is 2.72. The SMILES string of the molecule is CCc1nc2ccccc2n1CC(O)COc1cccc(Cl)c1. The fourth-order valence-electron chi connectivity index (χ4n) is 2.61. The summed E-state index contributed by atoms with van der Waals surface area (Å²) in [5.74, 6) is 1.62. The zero-order chi connectivity index (χ0) is 16.2. The number of hydrogen-bond donors (Lipinski definition) is 1. The molecule has 1 atom stereocenters. The largest absolute Gasteiger partial charge is 0.491 e. The molecule has 0 aliphatic rings. The minimum Gasteiger partial charge on any atom is -0.491 e. The molecule has 5 heteroatoms. The van der Waals surface area contributed by atoms with Crippen molar-refractivity contribution in [1.82, 2.24) is 9.55 Å². The van der Waals surface area contributed by atoms with Gasteiger partial charge in [-0.1, -0.05) is 36.7 Å². The van der Waals surface area contributed by atoms with Crippen LogP contribution in [0.4, 0.5) is 0 Å². The van der Waals surface area contributed by atoms with E-state index in [0.29, 0.717) is 17.3 Å². The van der Waals surface area contributed by atoms with Crippen molar-refractivity contribution in [2.45, 2.75) is 26.0 Å². The lowest BCUT2D eigenvalue weighted by atomic mass is 10.3. The number of halogens is 1. The first-order valence-electron chi connectivity index (χ1n) is 7.68. The maximum atomic E-state index is 10.3. The summed E-state index contributed by atoms with van der Waals surface area (Å²) in [5.41, 5.74) is 1.98. The van der Waals surface area contributed by atoms with Crippen molar-refractivity contribution >= 4 is 22.6 Å². The van der Waals surface area contributed by atoms with Gasteiger partial charge < -0.3 is 14.4 Å². The van der Waals surface area contributed by atoms with Crippen LogP contribution in [0.25, 0.3) is 11.0 Å². The van der Waals surface area contributed by atoms with Gasteiger partial charge in [0.2, 0.25) is 0 Å². The van der Waals surface area contributed by atoms with E-state index in [1.54, 1.807) is 12.1 Å². The van der Waals surface area contributed by atoms with Crippen LogP contribution in [0, 0.1) is 0 Å². The van der Waals surface area contributed by atoms with Gasteiger partial charge in [-0.25, -0.2) is 4.98 Å². The molecule has 0 aliphatic carbocycles. The summed E-state index contributed by atoms with van der Waals surface area (Å²) in [6, 6.07) is 15.1. The van der Waals surface area contributed by atoms with E-state index in [0.717, 1.165) is 23.3 Å². The summed E-state index contributed by atoms with van der Waals surface area (Å²) < 4.78 is 7.67. The van der Waals surface area contributed by atoms with Gasteiger partial charge in [0.1, 0.15) is 24.3 Å². The molecule has 0 bridgehead atoms. The molecule has 2 aromatic carbocycles. The van der Waals surface area contributed by atoms with Crippen molar-refractivity contribution in [2.24, 2.45) is 0 Å². The third-order valence-corrected chi connectivity index (χ3v) is 3.92. The van der Waals surface area contributed by atoms with Crippen LogP contribution in [0.5, 0.6) is 5.75 Å². The van der Waals surface area contributed by atoms with Crippen molar-refractivity contribution in [3.63, 3.8) is 0 Å². The first-order chi connectivity index (χ1) is 11.2. The maximum absolute atomic E-state index is 10.3. The number of aliphatic hydroxyl groups excluding tert-OH is 1. The fourth-order valence-corrected chi connectivity index (χ4v) is 2.79. The van der Waals surface area contributed by atoms with Crippen molar-refractivity contribution < 1.29 is 9.84 Å². The lowest BCUT2D eigenvalue weighted by Crippen LogP contribution is -2.24. The molecule has 4 nitrogen and oxygen atoms in total. The molecular formula is C18H19ClN2O2. The molecule has 1 aromatic heterocycles. The van der Waals surface area contributed by atoms with E-state index in [1.807, 2.05) is 36.4 Å². The Labute approximate surface area is 140 Å². The second-order valence-corrected chi connectivity index (χ2v) is 5.84. The molecule has 0 fully saturated rings. The van der Waals surface area contributed by atoms with Crippen LogP contribution in [0.1, 0.15) is 12.7 Å². The molecule has 1 unspecified atom stereocenters. The summed E-state index contributed by atoms with van der Waals surface area (Å²) >= 11 is 5.93. The van der Waals surface area contributed by atoms with Crippen LogP contribution in [0.3, 0.4) is 0 Å². The highest BCUT2D eigenvalue weighted by molar-refractivity contribution is 6.30. The highest BCUT2D eigenvalue weighted by atomic mass is 35.5. The molecule has 23 heavy (non-hydrogen) atoms. The number of rotatable bonds is 6. The highest BCUT2D eigenvalue weighted by Gasteiger charge is 2.13. The van der Waals surface area contributed by atoms with E-state index in [1.165, 1.54) is 0 Å². The molecule has 3 aromatic rings. The third kappa shape index (κ3) is 3.66. The number of benzene rings is 2. The summed E-state index contributed by atoms with van der Waals surface area (Å²) in [6.07, 6.45) is 0.188. The van der Waals surface area contributed by atoms with Gasteiger partial charge in [-0.2, -0.15) is 0 Å². The molecule has 1 N–H and O–H groups in total. The molecule has 0 spiro atoms. The number of fused-ring (bicyclic) bond motifs is 1. The Morgan fingerprint density at radius 3 is 2.83 bits per heavy atom. The number of para-hydroxylation sites is 2. The summed E-state index contributed by atoms with van der Waals surface area (Å²) in [7, 11) is 0. The van der Waals surface area contributed by atoms with Gasteiger partial charge in [0.15, 0.2) is 0 Å². The lowest BCUT2D eigenvalue weighted by molar-refractivity contribution is 0.0927. The Morgan fingerprint density at radius 2 is 2.04 bits per heavy atom. The van der Waals surface area contributed by atoms with E-state index >= 15 is 0 Å². The molecule has 0 saturated carbocycles. The Balaban J connectivity index is 1.71. The number of nitrogens with zero attached hydrogens (tertiary/aromatic N) is 2. The van der Waals surface area contributed by atoms with Gasteiger partial charge in [-0.3, -0.25) is 0 Å². The maximum Gasteiger partial charge on any atom is 0.120 e. The average molecular weight is 331 g/mol. The van der Waals surface area contributed by atoms with Crippen molar-refractivity contribution in [3.8, 4) is 5.75 Å². The average Bonchev–Trinajstić information content (AvgIpc) is 2.91. The van der Waals surface area contributed by atoms with Crippen LogP contribution in [0.2, 0.25) is 5.02 Å². The molecule has 0 radical (unpaired) electrons. The minimum absolute atomic E-state index is 0.204. The number of hydrogen-bond acceptors (Lipinski definition) is 3. The predicted octanol–water partition coefficient (Wildman–Crippen LogP) is 3.69. The fraction of sp³-hybridized carbons (Fsp3) is 0.278. The predicted molar refractivity (Wildman–Crippen MR) is 92.1 cm³/mol. The summed E-state index contributed by atoms with van der Waals surface area (Å²) in [4.78, 5) is 4.61. The van der Waals surface area contributed by atoms with Gasteiger partial charge in [-0.15, -0.1) is 0 Å². The zero-order valence-electron chi connectivity index (χ0n) is 12.9. The van der Waals surface area contributed by atoms with Gasteiger partial charge in [0, 0.05) is 11.4 Å². The molecule has 1 heterocycles. The van der Waals surface area contributed by atoms with Crippen LogP contribution in [0.15, 0.2) is 48.5 Å². The van der Waals surface area contributed by atoms with Crippen molar-refractivity contribution in [2.75, 3.05) is 6.61 Å². The topological polar surface area (TPSA) is 47.3 Å². The third-order valence-electron chi connectivity index (χ3n) is 3.68. The van der Waals surface area contributed by atoms with Gasteiger partial charge in [-0.05, 0) is 30.3 Å². The Kier molecular flexibility index (Phi) is 4.84. The van der Waals surface area contributed by atoms with Crippen LogP contribution in [-0.2, 0) is 13.0 Å². The molecule has 0 saturated heterocycles. The smallest absolute Gasteiger partial charge is 0.120 e. The highest BCUT2D eigenvalue weighted by Crippen LogP contribution is 2.19. The van der Waals surface area contributed by atoms with E-state index in [-0.39, 0.29) is 6.61 Å². The van der Waals surface area contributed by atoms with E-state index in [2.05, 4.69) is 16.5 Å². The first kappa shape index (κ1) is 15.8. The number of ether oxygens (including phenoxy) is 1. The number of aromatic nitrogens is 2. The monoisotopic (exact) mass is 330 g/mol. The van der Waals surface area contributed by atoms with Crippen molar-refractivity contribution in [1.29, 1.82) is 0 Å². The van der Waals surface area contributed by atoms with Gasteiger partial charge >= 0.3 is 0 Å². The summed E-state index contributed by atoms with van der Waals surface area (Å²) in [5, 5.41) is 10.9. The Bertz CT molecular complexity index is 801. The second-order valence-electron chi connectivity index (χ2n) is 5.40. The number of aryl methyl sites for hydroxylation is 1. The second kappa shape index (κ2) is 7.02. The molecule has 0 amide bonds. The van der Waals surface area contributed by atoms with Crippen LogP contribution < -0.4 is 4.74 Å². The number of imidazole rings is 1. The van der Waals surface area contributed by atoms with Crippen LogP contribution >= 0.6 is 11.6 Å². The first-order valence-corrected chi connectivity index (χ1v) is 8.05. The van der Waals surface area contributed by atoms with Gasteiger partial charge in [0.05, 0.1) is 17.6 Å². The van der Waals surface area contributed by atoms with E-state index < -0.39 is 6.10 Å². The lowest BCUT2D eigenvalue weighted by Gasteiger charge is -2.15. The standard InChI is InChI=1S/C18H19ClN2O2/c1-2-18-20-16-8-3-4-9-17(16)21(18)11-14(22)12-23-15-7-5-6-13(19)10-15/h3-10,14,22H,2,11-12H2,1H3.